The number of hydrogen-bond donors (Lipinski definition) is 1. The lowest BCUT2D eigenvalue weighted by Gasteiger charge is -2.09. The number of rotatable bonds is 5. The van der Waals surface area contributed by atoms with Gasteiger partial charge in [-0.3, -0.25) is 14.5 Å². The average Bonchev–Trinajstić information content (AvgIpc) is 3.02. The molecule has 9 heteroatoms. The van der Waals surface area contributed by atoms with E-state index in [2.05, 4.69) is 25.4 Å². The van der Waals surface area contributed by atoms with Crippen molar-refractivity contribution in [2.24, 2.45) is 7.05 Å². The van der Waals surface area contributed by atoms with Gasteiger partial charge in [-0.25, -0.2) is 14.4 Å². The van der Waals surface area contributed by atoms with Gasteiger partial charge in [0.25, 0.3) is 0 Å². The third-order valence-corrected chi connectivity index (χ3v) is 4.40. The number of ether oxygens (including phenoxy) is 1. The topological polar surface area (TPSA) is 94.8 Å². The van der Waals surface area contributed by atoms with E-state index in [1.807, 2.05) is 6.92 Å². The van der Waals surface area contributed by atoms with Crippen LogP contribution >= 0.6 is 0 Å². The lowest BCUT2D eigenvalue weighted by Crippen LogP contribution is -2.16. The van der Waals surface area contributed by atoms with Crippen LogP contribution in [0.1, 0.15) is 11.5 Å². The van der Waals surface area contributed by atoms with E-state index in [0.29, 0.717) is 33.9 Å². The molecular weight excluding hydrogens is 375 g/mol. The third-order valence-electron chi connectivity index (χ3n) is 4.40. The molecule has 1 N–H and O–H groups in total. The number of halogens is 1. The minimum absolute atomic E-state index is 0.0119. The third kappa shape index (κ3) is 4.03. The molecule has 0 saturated heterocycles. The highest BCUT2D eigenvalue weighted by Crippen LogP contribution is 2.28. The molecule has 4 aromatic rings. The van der Waals surface area contributed by atoms with Gasteiger partial charge >= 0.3 is 0 Å². The maximum Gasteiger partial charge on any atom is 0.232 e. The maximum atomic E-state index is 13.6. The first-order chi connectivity index (χ1) is 14.0. The van der Waals surface area contributed by atoms with Gasteiger partial charge in [-0.1, -0.05) is 0 Å². The fraction of sp³-hybridized carbons (Fsp3) is 0.150. The lowest BCUT2D eigenvalue weighted by molar-refractivity contribution is -0.115. The molecule has 29 heavy (non-hydrogen) atoms. The Morgan fingerprint density at radius 2 is 1.97 bits per heavy atom. The molecule has 1 amide bonds. The summed E-state index contributed by atoms with van der Waals surface area (Å²) in [5.41, 5.74) is 2.11. The van der Waals surface area contributed by atoms with Gasteiger partial charge in [-0.05, 0) is 31.2 Å². The Labute approximate surface area is 165 Å². The summed E-state index contributed by atoms with van der Waals surface area (Å²) >= 11 is 0. The van der Waals surface area contributed by atoms with Crippen molar-refractivity contribution in [3.63, 3.8) is 0 Å². The van der Waals surface area contributed by atoms with Crippen LogP contribution in [0.4, 0.5) is 10.1 Å². The van der Waals surface area contributed by atoms with E-state index in [4.69, 9.17) is 4.74 Å². The van der Waals surface area contributed by atoms with Crippen molar-refractivity contribution in [3.8, 4) is 11.5 Å². The molecule has 0 saturated carbocycles. The summed E-state index contributed by atoms with van der Waals surface area (Å²) in [7, 11) is 1.80. The fourth-order valence-corrected chi connectivity index (χ4v) is 2.76. The van der Waals surface area contributed by atoms with Crippen molar-refractivity contribution < 1.29 is 13.9 Å². The summed E-state index contributed by atoms with van der Waals surface area (Å²) in [5, 5.41) is 7.41. The standard InChI is InChI=1S/C20H17FN6O2/c1-12-17(11-25-27(12)2)26-20(28)8-19-23-9-14(10-24-19)29-18-5-6-22-16-4-3-13(21)7-15(16)18/h3-7,9-11H,8H2,1-2H3,(H,26,28). The molecule has 0 atom stereocenters. The average molecular weight is 392 g/mol. The second-order valence-electron chi connectivity index (χ2n) is 6.40. The molecule has 4 rings (SSSR count). The second kappa shape index (κ2) is 7.63. The van der Waals surface area contributed by atoms with Crippen LogP contribution in [0, 0.1) is 12.7 Å². The Morgan fingerprint density at radius 3 is 2.69 bits per heavy atom. The molecule has 3 aromatic heterocycles. The minimum Gasteiger partial charge on any atom is -0.453 e. The Morgan fingerprint density at radius 1 is 1.17 bits per heavy atom. The highest BCUT2D eigenvalue weighted by atomic mass is 19.1. The van der Waals surface area contributed by atoms with Crippen molar-refractivity contribution in [2.75, 3.05) is 5.32 Å². The smallest absolute Gasteiger partial charge is 0.232 e. The van der Waals surface area contributed by atoms with Crippen molar-refractivity contribution in [1.29, 1.82) is 0 Å². The number of pyridine rings is 1. The summed E-state index contributed by atoms with van der Waals surface area (Å²) in [4.78, 5) is 24.7. The van der Waals surface area contributed by atoms with Crippen molar-refractivity contribution in [1.82, 2.24) is 24.7 Å². The summed E-state index contributed by atoms with van der Waals surface area (Å²) in [6, 6.07) is 5.92. The van der Waals surface area contributed by atoms with E-state index in [-0.39, 0.29) is 18.1 Å². The molecule has 0 bridgehead atoms. The molecule has 8 nitrogen and oxygen atoms in total. The molecule has 146 valence electrons. The predicted octanol–water partition coefficient (Wildman–Crippen LogP) is 3.18. The van der Waals surface area contributed by atoms with Crippen LogP contribution in [0.2, 0.25) is 0 Å². The Balaban J connectivity index is 1.45. The SMILES string of the molecule is Cc1c(NC(=O)Cc2ncc(Oc3ccnc4ccc(F)cc34)cn2)cnn1C. The van der Waals surface area contributed by atoms with E-state index < -0.39 is 0 Å². The van der Waals surface area contributed by atoms with Crippen LogP contribution < -0.4 is 10.1 Å². The monoisotopic (exact) mass is 392 g/mol. The zero-order valence-corrected chi connectivity index (χ0v) is 15.8. The second-order valence-corrected chi connectivity index (χ2v) is 6.40. The number of nitrogens with zero attached hydrogens (tertiary/aromatic N) is 5. The van der Waals surface area contributed by atoms with Gasteiger partial charge in [0, 0.05) is 18.6 Å². The number of aromatic nitrogens is 5. The van der Waals surface area contributed by atoms with Crippen LogP contribution in [0.5, 0.6) is 11.5 Å². The molecule has 0 aliphatic rings. The van der Waals surface area contributed by atoms with Crippen molar-refractivity contribution >= 4 is 22.5 Å². The number of anilines is 1. The van der Waals surface area contributed by atoms with Crippen LogP contribution in [0.15, 0.2) is 49.1 Å². The van der Waals surface area contributed by atoms with Gasteiger partial charge in [0.15, 0.2) is 5.75 Å². The predicted molar refractivity (Wildman–Crippen MR) is 104 cm³/mol. The first-order valence-corrected chi connectivity index (χ1v) is 8.81. The molecule has 0 aliphatic carbocycles. The van der Waals surface area contributed by atoms with Gasteiger partial charge in [0.2, 0.25) is 5.91 Å². The highest BCUT2D eigenvalue weighted by molar-refractivity contribution is 5.92. The van der Waals surface area contributed by atoms with E-state index >= 15 is 0 Å². The number of aryl methyl sites for hydroxylation is 1. The normalized spacial score (nSPS) is 10.9. The molecule has 3 heterocycles. The van der Waals surface area contributed by atoms with Gasteiger partial charge in [-0.2, -0.15) is 5.10 Å². The quantitative estimate of drug-likeness (QED) is 0.561. The molecule has 0 unspecified atom stereocenters. The number of benzene rings is 1. The van der Waals surface area contributed by atoms with E-state index in [1.165, 1.54) is 24.5 Å². The largest absolute Gasteiger partial charge is 0.453 e. The molecule has 1 aromatic carbocycles. The van der Waals surface area contributed by atoms with Gasteiger partial charge in [0.1, 0.15) is 17.4 Å². The molecule has 0 radical (unpaired) electrons. The van der Waals surface area contributed by atoms with Gasteiger partial charge in [-0.15, -0.1) is 0 Å². The van der Waals surface area contributed by atoms with Crippen LogP contribution in [-0.4, -0.2) is 30.6 Å². The van der Waals surface area contributed by atoms with E-state index in [1.54, 1.807) is 36.3 Å². The number of carbonyl (C=O) groups excluding carboxylic acids is 1. The lowest BCUT2D eigenvalue weighted by atomic mass is 10.2. The van der Waals surface area contributed by atoms with Crippen LogP contribution in [0.25, 0.3) is 10.9 Å². The summed E-state index contributed by atoms with van der Waals surface area (Å²) in [6.45, 7) is 1.86. The minimum atomic E-state index is -0.378. The summed E-state index contributed by atoms with van der Waals surface area (Å²) in [6.07, 6.45) is 6.12. The first kappa shape index (κ1) is 18.5. The molecule has 0 spiro atoms. The Bertz CT molecular complexity index is 1190. The zero-order valence-electron chi connectivity index (χ0n) is 15.8. The van der Waals surface area contributed by atoms with E-state index in [0.717, 1.165) is 5.69 Å². The van der Waals surface area contributed by atoms with E-state index in [9.17, 15) is 9.18 Å². The van der Waals surface area contributed by atoms with Crippen molar-refractivity contribution in [3.05, 3.63) is 66.4 Å². The molecular formula is C20H17FN6O2. The summed E-state index contributed by atoms with van der Waals surface area (Å²) in [5.74, 6) is 0.536. The fourth-order valence-electron chi connectivity index (χ4n) is 2.76. The van der Waals surface area contributed by atoms with Crippen LogP contribution in [0.3, 0.4) is 0 Å². The number of amides is 1. The molecule has 0 aliphatic heterocycles. The zero-order chi connectivity index (χ0) is 20.4. The van der Waals surface area contributed by atoms with Crippen LogP contribution in [-0.2, 0) is 18.3 Å². The van der Waals surface area contributed by atoms with Gasteiger partial charge < -0.3 is 10.1 Å². The number of nitrogens with one attached hydrogen (secondary N) is 1. The first-order valence-electron chi connectivity index (χ1n) is 8.81. The number of fused-ring (bicyclic) bond motifs is 1. The van der Waals surface area contributed by atoms with Gasteiger partial charge in [0.05, 0.1) is 41.9 Å². The van der Waals surface area contributed by atoms with Crippen molar-refractivity contribution in [2.45, 2.75) is 13.3 Å². The Hall–Kier alpha value is -3.88. The highest BCUT2D eigenvalue weighted by Gasteiger charge is 2.11. The maximum absolute atomic E-state index is 13.6. The number of carbonyl (C=O) groups is 1. The summed E-state index contributed by atoms with van der Waals surface area (Å²) < 4.78 is 21.0. The molecule has 0 fully saturated rings. The Kier molecular flexibility index (Phi) is 4.86. The number of hydrogen-bond acceptors (Lipinski definition) is 6.